The first-order valence-electron chi connectivity index (χ1n) is 5.87. The van der Waals surface area contributed by atoms with Gasteiger partial charge in [0.15, 0.2) is 17.3 Å². The first-order valence-corrected chi connectivity index (χ1v) is 5.87. The number of hydrogen-bond donors (Lipinski definition) is 0. The van der Waals surface area contributed by atoms with Gasteiger partial charge in [-0.3, -0.25) is 4.79 Å². The maximum atomic E-state index is 12.3. The van der Waals surface area contributed by atoms with Gasteiger partial charge >= 0.3 is 0 Å². The Balaban J connectivity index is 1.84. The smallest absolute Gasteiger partial charge is 0.231 e. The van der Waals surface area contributed by atoms with Crippen molar-refractivity contribution >= 4 is 5.78 Å². The van der Waals surface area contributed by atoms with E-state index in [1.807, 2.05) is 12.1 Å². The first-order chi connectivity index (χ1) is 8.33. The third-order valence-corrected chi connectivity index (χ3v) is 3.88. The van der Waals surface area contributed by atoms with Gasteiger partial charge in [0.25, 0.3) is 0 Å². The van der Waals surface area contributed by atoms with E-state index in [4.69, 9.17) is 14.2 Å². The molecule has 2 atom stereocenters. The molecule has 0 bridgehead atoms. The lowest BCUT2D eigenvalue weighted by atomic mass is 9.77. The van der Waals surface area contributed by atoms with Crippen molar-refractivity contribution in [1.29, 1.82) is 0 Å². The van der Waals surface area contributed by atoms with Gasteiger partial charge in [0.05, 0.1) is 19.1 Å². The van der Waals surface area contributed by atoms with Crippen molar-refractivity contribution in [3.63, 3.8) is 0 Å². The third-order valence-electron chi connectivity index (χ3n) is 3.88. The molecule has 1 aliphatic carbocycles. The summed E-state index contributed by atoms with van der Waals surface area (Å²) in [6.45, 7) is 1.52. The molecule has 4 heteroatoms. The summed E-state index contributed by atoms with van der Waals surface area (Å²) in [7, 11) is 0. The normalized spacial score (nSPS) is 29.1. The van der Waals surface area contributed by atoms with Gasteiger partial charge in [-0.25, -0.2) is 0 Å². The Kier molecular flexibility index (Phi) is 1.80. The van der Waals surface area contributed by atoms with Crippen LogP contribution >= 0.6 is 0 Å². The largest absolute Gasteiger partial charge is 0.454 e. The fourth-order valence-electron chi connectivity index (χ4n) is 2.95. The molecule has 3 aliphatic rings. The van der Waals surface area contributed by atoms with Gasteiger partial charge in [-0.15, -0.1) is 0 Å². The zero-order valence-corrected chi connectivity index (χ0v) is 9.27. The number of ketones is 1. The van der Waals surface area contributed by atoms with Crippen LogP contribution in [0.15, 0.2) is 12.1 Å². The van der Waals surface area contributed by atoms with Crippen LogP contribution in [0.25, 0.3) is 0 Å². The van der Waals surface area contributed by atoms with Crippen molar-refractivity contribution in [3.05, 3.63) is 23.3 Å². The Hall–Kier alpha value is -1.55. The van der Waals surface area contributed by atoms with Gasteiger partial charge in [0.1, 0.15) is 0 Å². The van der Waals surface area contributed by atoms with Crippen LogP contribution in [-0.4, -0.2) is 25.8 Å². The predicted molar refractivity (Wildman–Crippen MR) is 58.4 cm³/mol. The van der Waals surface area contributed by atoms with Gasteiger partial charge in [-0.2, -0.15) is 0 Å². The van der Waals surface area contributed by atoms with Crippen molar-refractivity contribution in [1.82, 2.24) is 0 Å². The van der Waals surface area contributed by atoms with E-state index >= 15 is 0 Å². The molecule has 0 N–H and O–H groups in total. The second-order valence-electron chi connectivity index (χ2n) is 4.84. The summed E-state index contributed by atoms with van der Waals surface area (Å²) in [6.07, 6.45) is 0.905. The molecule has 1 aromatic carbocycles. The van der Waals surface area contributed by atoms with Crippen LogP contribution in [0.2, 0.25) is 0 Å². The molecule has 0 amide bonds. The van der Waals surface area contributed by atoms with Crippen molar-refractivity contribution in [2.75, 3.05) is 20.0 Å². The molecule has 2 unspecified atom stereocenters. The van der Waals surface area contributed by atoms with Gasteiger partial charge in [-0.1, -0.05) is 0 Å². The molecule has 0 radical (unpaired) electrons. The lowest BCUT2D eigenvalue weighted by molar-refractivity contribution is 0.0872. The molecule has 88 valence electrons. The fraction of sp³-hybridized carbons (Fsp3) is 0.462. The van der Waals surface area contributed by atoms with Gasteiger partial charge < -0.3 is 14.2 Å². The van der Waals surface area contributed by atoms with Crippen molar-refractivity contribution in [2.24, 2.45) is 11.8 Å². The summed E-state index contributed by atoms with van der Waals surface area (Å²) in [6, 6.07) is 3.78. The van der Waals surface area contributed by atoms with E-state index in [-0.39, 0.29) is 18.5 Å². The summed E-state index contributed by atoms with van der Waals surface area (Å²) in [4.78, 5) is 12.3. The molecule has 1 aromatic rings. The van der Waals surface area contributed by atoms with Crippen LogP contribution in [-0.2, 0) is 11.2 Å². The van der Waals surface area contributed by atoms with Crippen LogP contribution < -0.4 is 9.47 Å². The Labute approximate surface area is 98.5 Å². The Morgan fingerprint density at radius 2 is 1.94 bits per heavy atom. The Bertz CT molecular complexity index is 508. The second kappa shape index (κ2) is 3.23. The highest BCUT2D eigenvalue weighted by atomic mass is 16.7. The molecular weight excluding hydrogens is 220 g/mol. The van der Waals surface area contributed by atoms with Gasteiger partial charge in [-0.05, 0) is 30.0 Å². The summed E-state index contributed by atoms with van der Waals surface area (Å²) in [5.74, 6) is 2.04. The average molecular weight is 232 g/mol. The summed E-state index contributed by atoms with van der Waals surface area (Å²) >= 11 is 0. The van der Waals surface area contributed by atoms with E-state index in [0.29, 0.717) is 24.9 Å². The number of hydrogen-bond acceptors (Lipinski definition) is 4. The monoisotopic (exact) mass is 232 g/mol. The highest BCUT2D eigenvalue weighted by molar-refractivity contribution is 6.01. The van der Waals surface area contributed by atoms with Crippen LogP contribution in [0, 0.1) is 11.8 Å². The summed E-state index contributed by atoms with van der Waals surface area (Å²) in [5.41, 5.74) is 1.87. The minimum atomic E-state index is 0.0443. The molecular formula is C13H12O4. The molecule has 17 heavy (non-hydrogen) atoms. The Morgan fingerprint density at radius 3 is 2.82 bits per heavy atom. The van der Waals surface area contributed by atoms with E-state index in [9.17, 15) is 4.79 Å². The minimum Gasteiger partial charge on any atom is -0.454 e. The lowest BCUT2D eigenvalue weighted by Crippen LogP contribution is -2.30. The van der Waals surface area contributed by atoms with Crippen LogP contribution in [0.3, 0.4) is 0 Å². The lowest BCUT2D eigenvalue weighted by Gasteiger charge is -2.24. The number of ether oxygens (including phenoxy) is 3. The number of carbonyl (C=O) groups is 1. The maximum absolute atomic E-state index is 12.3. The van der Waals surface area contributed by atoms with Crippen LogP contribution in [0.4, 0.5) is 0 Å². The quantitative estimate of drug-likeness (QED) is 0.678. The van der Waals surface area contributed by atoms with E-state index in [2.05, 4.69) is 0 Å². The number of rotatable bonds is 0. The standard InChI is InChI=1S/C13H12O4/c14-13-9-3-12-11(16-6-17-12)2-7(9)1-8-4-15-5-10(8)13/h2-3,8,10H,1,4-6H2. The molecule has 2 heterocycles. The molecule has 2 aliphatic heterocycles. The highest BCUT2D eigenvalue weighted by Gasteiger charge is 2.40. The SMILES string of the molecule is O=C1c2cc3c(cc2CC2COCC12)OCO3. The number of Topliss-reactive ketones (excluding diaryl/α,β-unsaturated/α-hetero) is 1. The van der Waals surface area contributed by atoms with Crippen LogP contribution in [0.5, 0.6) is 11.5 Å². The molecule has 0 aromatic heterocycles. The first kappa shape index (κ1) is 9.48. The van der Waals surface area contributed by atoms with Crippen molar-refractivity contribution < 1.29 is 19.0 Å². The minimum absolute atomic E-state index is 0.0443. The Morgan fingerprint density at radius 1 is 1.12 bits per heavy atom. The second-order valence-corrected chi connectivity index (χ2v) is 4.84. The number of benzene rings is 1. The van der Waals surface area contributed by atoms with Crippen molar-refractivity contribution in [2.45, 2.75) is 6.42 Å². The molecule has 0 spiro atoms. The van der Waals surface area contributed by atoms with Gasteiger partial charge in [0.2, 0.25) is 6.79 Å². The van der Waals surface area contributed by atoms with E-state index in [1.54, 1.807) is 0 Å². The fourth-order valence-corrected chi connectivity index (χ4v) is 2.95. The average Bonchev–Trinajstić information content (AvgIpc) is 2.94. The predicted octanol–water partition coefficient (Wildman–Crippen LogP) is 1.42. The highest BCUT2D eigenvalue weighted by Crippen LogP contribution is 2.41. The van der Waals surface area contributed by atoms with Crippen molar-refractivity contribution in [3.8, 4) is 11.5 Å². The molecule has 0 saturated carbocycles. The number of fused-ring (bicyclic) bond motifs is 3. The topological polar surface area (TPSA) is 44.8 Å². The summed E-state index contributed by atoms with van der Waals surface area (Å²) in [5, 5.41) is 0. The third kappa shape index (κ3) is 1.24. The van der Waals surface area contributed by atoms with E-state index in [0.717, 1.165) is 23.3 Å². The van der Waals surface area contributed by atoms with E-state index in [1.165, 1.54) is 0 Å². The van der Waals surface area contributed by atoms with E-state index < -0.39 is 0 Å². The summed E-state index contributed by atoms with van der Waals surface area (Å²) < 4.78 is 16.1. The van der Waals surface area contributed by atoms with Crippen LogP contribution in [0.1, 0.15) is 15.9 Å². The van der Waals surface area contributed by atoms with Gasteiger partial charge in [0, 0.05) is 5.56 Å². The zero-order valence-electron chi connectivity index (χ0n) is 9.27. The molecule has 1 fully saturated rings. The number of carbonyl (C=O) groups excluding carboxylic acids is 1. The zero-order chi connectivity index (χ0) is 11.4. The molecule has 1 saturated heterocycles. The maximum Gasteiger partial charge on any atom is 0.231 e. The molecule has 4 rings (SSSR count). The molecule has 4 nitrogen and oxygen atoms in total.